The molecule has 1 heterocycles. The first-order chi connectivity index (χ1) is 25.6. The topological polar surface area (TPSA) is 6.48 Å². The minimum atomic E-state index is 0.117. The molecule has 0 aliphatic carbocycles. The van der Waals surface area contributed by atoms with E-state index in [4.69, 9.17) is 23.2 Å². The van der Waals surface area contributed by atoms with Gasteiger partial charge in [0, 0.05) is 23.7 Å². The third-order valence-corrected chi connectivity index (χ3v) is 12.0. The fraction of sp³-hybridized carbons (Fsp3) is 0.224. The Labute approximate surface area is 326 Å². The van der Waals surface area contributed by atoms with Gasteiger partial charge in [-0.3, -0.25) is 0 Å². The van der Waals surface area contributed by atoms with Crippen molar-refractivity contribution in [2.75, 3.05) is 16.5 Å². The van der Waals surface area contributed by atoms with Crippen molar-refractivity contribution in [3.63, 3.8) is 0 Å². The Hall–Kier alpha value is -4.76. The summed E-state index contributed by atoms with van der Waals surface area (Å²) in [7, 11) is 0. The third-order valence-electron chi connectivity index (χ3n) is 11.2. The maximum absolute atomic E-state index is 7.55. The van der Waals surface area contributed by atoms with Gasteiger partial charge in [0.15, 0.2) is 0 Å². The molecule has 4 heteroatoms. The Morgan fingerprint density at radius 1 is 0.396 bits per heavy atom. The normalized spacial score (nSPS) is 15.4. The van der Waals surface area contributed by atoms with Crippen LogP contribution in [0.4, 0.5) is 11.4 Å². The molecule has 6 aromatic rings. The van der Waals surface area contributed by atoms with E-state index >= 15 is 0 Å². The highest BCUT2D eigenvalue weighted by Crippen LogP contribution is 2.49. The molecule has 0 amide bonds. The summed E-state index contributed by atoms with van der Waals surface area (Å²) in [6.07, 6.45) is 0. The quantitative estimate of drug-likeness (QED) is 0.129. The fourth-order valence-corrected chi connectivity index (χ4v) is 8.61. The van der Waals surface area contributed by atoms with Gasteiger partial charge in [0.2, 0.25) is 0 Å². The standard InChI is InChI=1S/C49H48Cl2N2/c1-32-27-42(34(3)38-19-11-7-12-20-38)46(43(28-32)35(4)39-21-13-8-14-22-39)52-31-53(49(51)48(52)50)47-44(36(5)40-23-15-9-16-24-40)29-33(2)30-45(47)37(6)41-25-17-10-18-26-41/h7-30,34-37H,31H2,1-6H3/t34-,35-,36-,37-/m0/s1. The predicted octanol–water partition coefficient (Wildman–Crippen LogP) is 13.8. The van der Waals surface area contributed by atoms with E-state index < -0.39 is 0 Å². The SMILES string of the molecule is Cc1cc([C@@H](C)c2ccccc2)c(N2CN(c3c([C@@H](C)c4ccccc4)cc(C)cc3[C@@H](C)c3ccccc3)C(Cl)=C2Cl)c([C@@H](C)c2ccccc2)c1. The lowest BCUT2D eigenvalue weighted by molar-refractivity contribution is 0.835. The molecule has 0 aromatic heterocycles. The zero-order valence-electron chi connectivity index (χ0n) is 31.5. The van der Waals surface area contributed by atoms with Gasteiger partial charge in [0.1, 0.15) is 17.0 Å². The number of halogens is 2. The van der Waals surface area contributed by atoms with Crippen molar-refractivity contribution in [1.29, 1.82) is 0 Å². The highest BCUT2D eigenvalue weighted by molar-refractivity contribution is 6.42. The molecule has 53 heavy (non-hydrogen) atoms. The molecule has 0 bridgehead atoms. The number of hydrogen-bond donors (Lipinski definition) is 0. The number of hydrogen-bond acceptors (Lipinski definition) is 2. The van der Waals surface area contributed by atoms with Crippen LogP contribution in [0.3, 0.4) is 0 Å². The average molecular weight is 736 g/mol. The zero-order chi connectivity index (χ0) is 37.2. The molecule has 0 fully saturated rings. The van der Waals surface area contributed by atoms with E-state index in [9.17, 15) is 0 Å². The van der Waals surface area contributed by atoms with Gasteiger partial charge in [-0.05, 0) is 58.4 Å². The van der Waals surface area contributed by atoms with Crippen LogP contribution < -0.4 is 9.80 Å². The lowest BCUT2D eigenvalue weighted by atomic mass is 9.83. The van der Waals surface area contributed by atoms with Crippen LogP contribution in [-0.2, 0) is 0 Å². The van der Waals surface area contributed by atoms with E-state index in [1.165, 1.54) is 55.6 Å². The molecule has 6 aromatic carbocycles. The Kier molecular flexibility index (Phi) is 10.8. The van der Waals surface area contributed by atoms with Gasteiger partial charge in [-0.2, -0.15) is 0 Å². The third kappa shape index (κ3) is 7.28. The van der Waals surface area contributed by atoms with Crippen molar-refractivity contribution in [2.24, 2.45) is 0 Å². The molecule has 0 N–H and O–H groups in total. The smallest absolute Gasteiger partial charge is 0.146 e. The largest absolute Gasteiger partial charge is 0.310 e. The molecular formula is C49H48Cl2N2. The maximum Gasteiger partial charge on any atom is 0.146 e. The highest BCUT2D eigenvalue weighted by Gasteiger charge is 2.37. The molecule has 1 aliphatic heterocycles. The molecule has 0 saturated heterocycles. The molecule has 0 radical (unpaired) electrons. The van der Waals surface area contributed by atoms with Crippen LogP contribution in [0, 0.1) is 13.8 Å². The second-order valence-corrected chi connectivity index (χ2v) is 15.4. The minimum absolute atomic E-state index is 0.117. The van der Waals surface area contributed by atoms with E-state index in [1.54, 1.807) is 0 Å². The fourth-order valence-electron chi connectivity index (χ4n) is 8.13. The summed E-state index contributed by atoms with van der Waals surface area (Å²) in [5.74, 6) is 0.470. The van der Waals surface area contributed by atoms with Crippen LogP contribution in [0.15, 0.2) is 156 Å². The molecule has 0 unspecified atom stereocenters. The number of benzene rings is 6. The van der Waals surface area contributed by atoms with Gasteiger partial charge in [0.05, 0.1) is 11.4 Å². The summed E-state index contributed by atoms with van der Waals surface area (Å²) >= 11 is 15.1. The van der Waals surface area contributed by atoms with E-state index in [0.29, 0.717) is 17.0 Å². The van der Waals surface area contributed by atoms with Crippen molar-refractivity contribution >= 4 is 34.6 Å². The first kappa shape index (κ1) is 36.6. The summed E-state index contributed by atoms with van der Waals surface area (Å²) in [6.45, 7) is 14.1. The Bertz CT molecular complexity index is 1920. The zero-order valence-corrected chi connectivity index (χ0v) is 33.0. The lowest BCUT2D eigenvalue weighted by Crippen LogP contribution is -2.30. The lowest BCUT2D eigenvalue weighted by Gasteiger charge is -2.34. The molecule has 4 atom stereocenters. The molecule has 0 spiro atoms. The maximum atomic E-state index is 7.55. The summed E-state index contributed by atoms with van der Waals surface area (Å²) in [4.78, 5) is 4.53. The van der Waals surface area contributed by atoms with Crippen LogP contribution in [0.5, 0.6) is 0 Å². The van der Waals surface area contributed by atoms with Gasteiger partial charge in [-0.15, -0.1) is 0 Å². The molecule has 0 saturated carbocycles. The van der Waals surface area contributed by atoms with Crippen LogP contribution in [0.2, 0.25) is 0 Å². The highest BCUT2D eigenvalue weighted by atomic mass is 35.5. The molecule has 268 valence electrons. The Morgan fingerprint density at radius 3 is 0.849 bits per heavy atom. The first-order valence-electron chi connectivity index (χ1n) is 18.7. The first-order valence-corrected chi connectivity index (χ1v) is 19.5. The van der Waals surface area contributed by atoms with Gasteiger partial charge in [-0.1, -0.05) is 208 Å². The van der Waals surface area contributed by atoms with Crippen molar-refractivity contribution < 1.29 is 0 Å². The molecule has 7 rings (SSSR count). The molecular weight excluding hydrogens is 687 g/mol. The van der Waals surface area contributed by atoms with Crippen LogP contribution in [-0.4, -0.2) is 6.67 Å². The van der Waals surface area contributed by atoms with E-state index in [2.05, 4.69) is 197 Å². The van der Waals surface area contributed by atoms with Crippen molar-refractivity contribution in [1.82, 2.24) is 0 Å². The second kappa shape index (κ2) is 15.7. The Balaban J connectivity index is 1.43. The average Bonchev–Trinajstić information content (AvgIpc) is 3.49. The predicted molar refractivity (Wildman–Crippen MR) is 227 cm³/mol. The van der Waals surface area contributed by atoms with Crippen LogP contribution in [0.1, 0.15) is 107 Å². The summed E-state index contributed by atoms with van der Waals surface area (Å²) in [5.41, 5.74) is 14.7. The van der Waals surface area contributed by atoms with Crippen LogP contribution in [0.25, 0.3) is 0 Å². The minimum Gasteiger partial charge on any atom is -0.310 e. The summed E-state index contributed by atoms with van der Waals surface area (Å²) < 4.78 is 0. The van der Waals surface area contributed by atoms with Crippen molar-refractivity contribution in [3.05, 3.63) is 212 Å². The number of anilines is 2. The van der Waals surface area contributed by atoms with Gasteiger partial charge < -0.3 is 9.80 Å². The number of nitrogens with zero attached hydrogens (tertiary/aromatic N) is 2. The number of aryl methyl sites for hydroxylation is 2. The van der Waals surface area contributed by atoms with E-state index in [0.717, 1.165) is 11.4 Å². The van der Waals surface area contributed by atoms with Gasteiger partial charge in [0.25, 0.3) is 0 Å². The monoisotopic (exact) mass is 734 g/mol. The van der Waals surface area contributed by atoms with Gasteiger partial charge >= 0.3 is 0 Å². The molecule has 1 aliphatic rings. The van der Waals surface area contributed by atoms with Crippen molar-refractivity contribution in [3.8, 4) is 0 Å². The summed E-state index contributed by atoms with van der Waals surface area (Å²) in [6, 6.07) is 52.4. The van der Waals surface area contributed by atoms with Crippen molar-refractivity contribution in [2.45, 2.75) is 65.2 Å². The molecule has 2 nitrogen and oxygen atoms in total. The van der Waals surface area contributed by atoms with Gasteiger partial charge in [-0.25, -0.2) is 0 Å². The number of rotatable bonds is 10. The van der Waals surface area contributed by atoms with E-state index in [-0.39, 0.29) is 23.7 Å². The summed E-state index contributed by atoms with van der Waals surface area (Å²) in [5, 5.41) is 1.08. The van der Waals surface area contributed by atoms with E-state index in [1.807, 2.05) is 0 Å². The second-order valence-electron chi connectivity index (χ2n) is 14.7. The Morgan fingerprint density at radius 2 is 0.623 bits per heavy atom. The van der Waals surface area contributed by atoms with Crippen LogP contribution >= 0.6 is 23.2 Å².